The van der Waals surface area contributed by atoms with E-state index in [1.807, 2.05) is 13.8 Å². The second-order valence-corrected chi connectivity index (χ2v) is 6.77. The van der Waals surface area contributed by atoms with Gasteiger partial charge in [0, 0.05) is 6.04 Å². The Balaban J connectivity index is 2.35. The van der Waals surface area contributed by atoms with E-state index < -0.39 is 21.9 Å². The molecule has 0 aromatic rings. The summed E-state index contributed by atoms with van der Waals surface area (Å²) in [4.78, 5) is 10.8. The molecule has 0 saturated heterocycles. The van der Waals surface area contributed by atoms with Crippen LogP contribution in [0.25, 0.3) is 0 Å². The van der Waals surface area contributed by atoms with E-state index in [0.29, 0.717) is 19.3 Å². The molecule has 1 fully saturated rings. The van der Waals surface area contributed by atoms with Crippen LogP contribution in [0, 0.1) is 5.92 Å². The summed E-state index contributed by atoms with van der Waals surface area (Å²) in [6.45, 7) is 3.84. The lowest BCUT2D eigenvalue weighted by Gasteiger charge is -2.13. The molecule has 2 atom stereocenters. The number of rotatable bonds is 7. The molecular formula is C11H21NO5S. The summed E-state index contributed by atoms with van der Waals surface area (Å²) in [5, 5.41) is 8.83. The van der Waals surface area contributed by atoms with Crippen molar-refractivity contribution in [1.82, 2.24) is 4.72 Å². The average molecular weight is 279 g/mol. The number of sulfonamides is 1. The molecule has 7 heteroatoms. The van der Waals surface area contributed by atoms with Crippen LogP contribution < -0.4 is 4.72 Å². The summed E-state index contributed by atoms with van der Waals surface area (Å²) < 4.78 is 31.1. The van der Waals surface area contributed by atoms with E-state index in [-0.39, 0.29) is 24.5 Å². The van der Waals surface area contributed by atoms with E-state index in [0.717, 1.165) is 0 Å². The normalized spacial score (nSPS) is 24.6. The first-order valence-electron chi connectivity index (χ1n) is 6.14. The van der Waals surface area contributed by atoms with Gasteiger partial charge in [0.15, 0.2) is 0 Å². The lowest BCUT2D eigenvalue weighted by Crippen LogP contribution is -2.36. The molecule has 0 aromatic heterocycles. The second kappa shape index (κ2) is 6.49. The first-order valence-corrected chi connectivity index (χ1v) is 7.80. The smallest absolute Gasteiger partial charge is 0.306 e. The van der Waals surface area contributed by atoms with Gasteiger partial charge in [0.2, 0.25) is 10.0 Å². The summed E-state index contributed by atoms with van der Waals surface area (Å²) >= 11 is 0. The fourth-order valence-electron chi connectivity index (χ4n) is 2.02. The topological polar surface area (TPSA) is 92.7 Å². The Labute approximate surface area is 108 Å². The van der Waals surface area contributed by atoms with Crippen LogP contribution in [0.5, 0.6) is 0 Å². The van der Waals surface area contributed by atoms with Crippen molar-refractivity contribution in [3.8, 4) is 0 Å². The maximum atomic E-state index is 11.7. The summed E-state index contributed by atoms with van der Waals surface area (Å²) in [7, 11) is -3.38. The maximum absolute atomic E-state index is 11.7. The zero-order valence-corrected chi connectivity index (χ0v) is 11.6. The van der Waals surface area contributed by atoms with Gasteiger partial charge in [0.1, 0.15) is 0 Å². The third kappa shape index (κ3) is 5.32. The second-order valence-electron chi connectivity index (χ2n) is 4.90. The van der Waals surface area contributed by atoms with Crippen LogP contribution in [-0.4, -0.2) is 44.0 Å². The van der Waals surface area contributed by atoms with Crippen LogP contribution in [0.3, 0.4) is 0 Å². The molecule has 18 heavy (non-hydrogen) atoms. The number of hydrogen-bond acceptors (Lipinski definition) is 4. The molecule has 0 aliphatic heterocycles. The van der Waals surface area contributed by atoms with Gasteiger partial charge < -0.3 is 9.84 Å². The summed E-state index contributed by atoms with van der Waals surface area (Å²) in [6, 6.07) is -0.254. The van der Waals surface area contributed by atoms with E-state index >= 15 is 0 Å². The van der Waals surface area contributed by atoms with Crippen LogP contribution in [0.15, 0.2) is 0 Å². The molecule has 1 aliphatic carbocycles. The molecule has 0 aromatic carbocycles. The highest BCUT2D eigenvalue weighted by molar-refractivity contribution is 7.89. The lowest BCUT2D eigenvalue weighted by molar-refractivity contribution is -0.141. The quantitative estimate of drug-likeness (QED) is 0.711. The minimum Gasteiger partial charge on any atom is -0.481 e. The third-order valence-electron chi connectivity index (χ3n) is 2.93. The minimum atomic E-state index is -3.38. The summed E-state index contributed by atoms with van der Waals surface area (Å²) in [5.74, 6) is -1.36. The van der Waals surface area contributed by atoms with E-state index in [4.69, 9.17) is 9.84 Å². The Bertz CT molecular complexity index is 379. The summed E-state index contributed by atoms with van der Waals surface area (Å²) in [5.41, 5.74) is 0. The number of aliphatic carboxylic acids is 1. The van der Waals surface area contributed by atoms with Crippen molar-refractivity contribution >= 4 is 16.0 Å². The van der Waals surface area contributed by atoms with Gasteiger partial charge in [0.05, 0.1) is 24.4 Å². The average Bonchev–Trinajstić information content (AvgIpc) is 2.64. The van der Waals surface area contributed by atoms with Gasteiger partial charge in [-0.05, 0) is 33.1 Å². The highest BCUT2D eigenvalue weighted by Gasteiger charge is 2.31. The Kier molecular flexibility index (Phi) is 5.55. The highest BCUT2D eigenvalue weighted by Crippen LogP contribution is 2.26. The molecule has 2 unspecified atom stereocenters. The first-order chi connectivity index (χ1) is 8.30. The standard InChI is InChI=1S/C11H21NO5S/c1-8(2)17-5-6-18(15,16)12-10-4-3-9(7-10)11(13)14/h8-10,12H,3-7H2,1-2H3,(H,13,14). The van der Waals surface area contributed by atoms with Crippen LogP contribution >= 0.6 is 0 Å². The molecule has 106 valence electrons. The molecule has 6 nitrogen and oxygen atoms in total. The molecule has 0 amide bonds. The van der Waals surface area contributed by atoms with Crippen LogP contribution in [0.1, 0.15) is 33.1 Å². The van der Waals surface area contributed by atoms with Crippen molar-refractivity contribution in [2.45, 2.75) is 45.3 Å². The molecule has 2 N–H and O–H groups in total. The Morgan fingerprint density at radius 1 is 1.44 bits per heavy atom. The highest BCUT2D eigenvalue weighted by atomic mass is 32.2. The van der Waals surface area contributed by atoms with Gasteiger partial charge in [-0.25, -0.2) is 13.1 Å². The maximum Gasteiger partial charge on any atom is 0.306 e. The zero-order chi connectivity index (χ0) is 13.8. The van der Waals surface area contributed by atoms with Gasteiger partial charge >= 0.3 is 5.97 Å². The van der Waals surface area contributed by atoms with Crippen molar-refractivity contribution in [3.05, 3.63) is 0 Å². The fourth-order valence-corrected chi connectivity index (χ4v) is 3.17. The fraction of sp³-hybridized carbons (Fsp3) is 0.909. The Morgan fingerprint density at radius 3 is 2.61 bits per heavy atom. The van der Waals surface area contributed by atoms with Crippen molar-refractivity contribution < 1.29 is 23.1 Å². The lowest BCUT2D eigenvalue weighted by atomic mass is 10.1. The molecular weight excluding hydrogens is 258 g/mol. The largest absolute Gasteiger partial charge is 0.481 e. The van der Waals surface area contributed by atoms with Crippen molar-refractivity contribution in [1.29, 1.82) is 0 Å². The van der Waals surface area contributed by atoms with E-state index in [9.17, 15) is 13.2 Å². The molecule has 1 rings (SSSR count). The van der Waals surface area contributed by atoms with Crippen LogP contribution in [0.4, 0.5) is 0 Å². The number of ether oxygens (including phenoxy) is 1. The molecule has 1 aliphatic rings. The SMILES string of the molecule is CC(C)OCCS(=O)(=O)NC1CCC(C(=O)O)C1. The van der Waals surface area contributed by atoms with E-state index in [1.165, 1.54) is 0 Å². The van der Waals surface area contributed by atoms with Gasteiger partial charge in [-0.3, -0.25) is 4.79 Å². The van der Waals surface area contributed by atoms with Crippen LogP contribution in [0.2, 0.25) is 0 Å². The monoisotopic (exact) mass is 279 g/mol. The third-order valence-corrected chi connectivity index (χ3v) is 4.33. The van der Waals surface area contributed by atoms with Gasteiger partial charge in [0.25, 0.3) is 0 Å². The predicted octanol–water partition coefficient (Wildman–Crippen LogP) is 0.584. The molecule has 0 spiro atoms. The predicted molar refractivity (Wildman–Crippen MR) is 66.8 cm³/mol. The summed E-state index contributed by atoms with van der Waals surface area (Å²) in [6.07, 6.45) is 1.49. The number of carboxylic acid groups (broad SMARTS) is 1. The van der Waals surface area contributed by atoms with Gasteiger partial charge in [-0.15, -0.1) is 0 Å². The van der Waals surface area contributed by atoms with E-state index in [2.05, 4.69) is 4.72 Å². The molecule has 0 radical (unpaired) electrons. The number of nitrogens with one attached hydrogen (secondary N) is 1. The molecule has 0 bridgehead atoms. The van der Waals surface area contributed by atoms with Gasteiger partial charge in [-0.2, -0.15) is 0 Å². The molecule has 1 saturated carbocycles. The number of carbonyl (C=O) groups is 1. The van der Waals surface area contributed by atoms with Crippen LogP contribution in [-0.2, 0) is 19.6 Å². The molecule has 0 heterocycles. The first kappa shape index (κ1) is 15.4. The zero-order valence-electron chi connectivity index (χ0n) is 10.8. The number of carboxylic acids is 1. The number of hydrogen-bond donors (Lipinski definition) is 2. The van der Waals surface area contributed by atoms with E-state index in [1.54, 1.807) is 0 Å². The van der Waals surface area contributed by atoms with Crippen molar-refractivity contribution in [3.63, 3.8) is 0 Å². The van der Waals surface area contributed by atoms with Crippen molar-refractivity contribution in [2.24, 2.45) is 5.92 Å². The Morgan fingerprint density at radius 2 is 2.11 bits per heavy atom. The van der Waals surface area contributed by atoms with Crippen molar-refractivity contribution in [2.75, 3.05) is 12.4 Å². The minimum absolute atomic E-state index is 0.00284. The van der Waals surface area contributed by atoms with Gasteiger partial charge in [-0.1, -0.05) is 0 Å². The Hall–Kier alpha value is -0.660.